The summed E-state index contributed by atoms with van der Waals surface area (Å²) in [5.74, 6) is 0.674. The molecule has 208 valence electrons. The molecule has 0 bridgehead atoms. The number of hydrogen-bond acceptors (Lipinski definition) is 11. The van der Waals surface area contributed by atoms with E-state index in [-0.39, 0.29) is 11.9 Å². The van der Waals surface area contributed by atoms with Crippen molar-refractivity contribution in [2.45, 2.75) is 50.8 Å². The summed E-state index contributed by atoms with van der Waals surface area (Å²) in [5, 5.41) is 23.6. The van der Waals surface area contributed by atoms with Crippen molar-refractivity contribution < 1.29 is 9.90 Å². The lowest BCUT2D eigenvalue weighted by atomic mass is 10.1. The zero-order chi connectivity index (χ0) is 27.7. The van der Waals surface area contributed by atoms with Gasteiger partial charge in [-0.25, -0.2) is 29.3 Å². The number of anilines is 2. The van der Waals surface area contributed by atoms with Gasteiger partial charge in [0.1, 0.15) is 37.8 Å². The van der Waals surface area contributed by atoms with Crippen LogP contribution in [-0.4, -0.2) is 87.7 Å². The fourth-order valence-corrected chi connectivity index (χ4v) is 6.58. The molecule has 2 aliphatic rings. The second kappa shape index (κ2) is 12.0. The summed E-state index contributed by atoms with van der Waals surface area (Å²) in [4.78, 5) is 30.3. The molecular formula is C23H30I2N12O2. The van der Waals surface area contributed by atoms with Gasteiger partial charge in [-0.1, -0.05) is 0 Å². The van der Waals surface area contributed by atoms with Crippen molar-refractivity contribution in [3.8, 4) is 0 Å². The molecular weight excluding hydrogens is 730 g/mol. The molecule has 1 amide bonds. The van der Waals surface area contributed by atoms with Gasteiger partial charge >= 0.3 is 0 Å². The van der Waals surface area contributed by atoms with Gasteiger partial charge in [0.05, 0.1) is 22.9 Å². The van der Waals surface area contributed by atoms with Crippen LogP contribution in [0.15, 0.2) is 12.7 Å². The summed E-state index contributed by atoms with van der Waals surface area (Å²) >= 11 is 4.31. The molecule has 0 unspecified atom stereocenters. The lowest BCUT2D eigenvalue weighted by Crippen LogP contribution is -2.44. The van der Waals surface area contributed by atoms with E-state index in [4.69, 9.17) is 11.5 Å². The van der Waals surface area contributed by atoms with Crippen molar-refractivity contribution in [1.29, 1.82) is 0 Å². The maximum Gasteiger partial charge on any atom is 0.251 e. The number of piperidine rings is 2. The van der Waals surface area contributed by atoms with Crippen molar-refractivity contribution in [1.82, 2.24) is 49.7 Å². The Hall–Kier alpha value is -2.45. The lowest BCUT2D eigenvalue weighted by Gasteiger charge is -2.33. The SMILES string of the molecule is C[C@@H](O)C(=O)N1CCC[C@@H](n2nc(I)c3c(N)ncnc32)C1.Nc1ncnc2c1c(I)nn2[C@@H]1CCCNC1. The number of halogens is 2. The van der Waals surface area contributed by atoms with Gasteiger partial charge in [0, 0.05) is 19.6 Å². The second-order valence-corrected chi connectivity index (χ2v) is 11.7. The number of aromatic nitrogens is 8. The summed E-state index contributed by atoms with van der Waals surface area (Å²) in [6.45, 7) is 4.70. The summed E-state index contributed by atoms with van der Waals surface area (Å²) in [6, 6.07) is 0.390. The molecule has 0 spiro atoms. The number of carbonyl (C=O) groups excluding carboxylic acids is 1. The molecule has 14 nitrogen and oxygen atoms in total. The Bertz CT molecular complexity index is 1480. The van der Waals surface area contributed by atoms with Gasteiger partial charge in [0.15, 0.2) is 11.3 Å². The average Bonchev–Trinajstić information content (AvgIpc) is 3.47. The van der Waals surface area contributed by atoms with Gasteiger partial charge < -0.3 is 26.8 Å². The molecule has 2 fully saturated rings. The van der Waals surface area contributed by atoms with E-state index in [2.05, 4.69) is 80.6 Å². The number of nitrogens with zero attached hydrogens (tertiary/aromatic N) is 9. The number of carbonyl (C=O) groups is 1. The van der Waals surface area contributed by atoms with E-state index in [0.29, 0.717) is 36.4 Å². The predicted octanol–water partition coefficient (Wildman–Crippen LogP) is 1.49. The molecule has 0 saturated carbocycles. The number of hydrogen-bond donors (Lipinski definition) is 4. The molecule has 16 heteroatoms. The zero-order valence-electron chi connectivity index (χ0n) is 21.3. The molecule has 4 aromatic rings. The third-order valence-electron chi connectivity index (χ3n) is 6.98. The molecule has 6 rings (SSSR count). The van der Waals surface area contributed by atoms with Gasteiger partial charge in [0.2, 0.25) is 0 Å². The molecule has 2 saturated heterocycles. The third-order valence-corrected chi connectivity index (χ3v) is 8.49. The Balaban J connectivity index is 0.000000163. The standard InChI is InChI=1S/C13H17IN6O2.C10H13IN6/c1-7(21)13(22)19-4-2-3-8(5-19)20-12-9(10(14)18-20)11(15)16-6-17-12;11-8-7-9(12)14-5-15-10(7)17(16-8)6-2-1-3-13-4-6/h6-8,21H,2-5H2,1H3,(H2,15,16,17);5-6,13H,1-4H2,(H2,12,14,15)/t7-,8-;6-/m11/s1. The van der Waals surface area contributed by atoms with Crippen molar-refractivity contribution in [3.05, 3.63) is 20.1 Å². The Kier molecular flexibility index (Phi) is 8.62. The van der Waals surface area contributed by atoms with E-state index in [1.807, 2.05) is 9.36 Å². The maximum absolute atomic E-state index is 12.0. The first-order valence-electron chi connectivity index (χ1n) is 12.7. The third kappa shape index (κ3) is 5.73. The summed E-state index contributed by atoms with van der Waals surface area (Å²) in [6.07, 6.45) is 6.01. The fourth-order valence-electron chi connectivity index (χ4n) is 5.08. The van der Waals surface area contributed by atoms with Crippen LogP contribution in [0.3, 0.4) is 0 Å². The zero-order valence-corrected chi connectivity index (χ0v) is 25.6. The Morgan fingerprint density at radius 3 is 2.08 bits per heavy atom. The lowest BCUT2D eigenvalue weighted by molar-refractivity contribution is -0.141. The van der Waals surface area contributed by atoms with Gasteiger partial charge in [-0.05, 0) is 84.3 Å². The summed E-state index contributed by atoms with van der Waals surface area (Å²) in [5.41, 5.74) is 13.3. The van der Waals surface area contributed by atoms with Crippen LogP contribution in [0.2, 0.25) is 0 Å². The summed E-state index contributed by atoms with van der Waals surface area (Å²) in [7, 11) is 0. The molecule has 4 aromatic heterocycles. The van der Waals surface area contributed by atoms with Crippen LogP contribution in [0.4, 0.5) is 11.6 Å². The van der Waals surface area contributed by atoms with E-state index >= 15 is 0 Å². The molecule has 3 atom stereocenters. The van der Waals surface area contributed by atoms with Crippen LogP contribution in [0.1, 0.15) is 44.7 Å². The second-order valence-electron chi connectivity index (χ2n) is 9.64. The topological polar surface area (TPSA) is 192 Å². The summed E-state index contributed by atoms with van der Waals surface area (Å²) < 4.78 is 5.45. The minimum Gasteiger partial charge on any atom is -0.384 e. The first-order valence-corrected chi connectivity index (χ1v) is 14.9. The van der Waals surface area contributed by atoms with Crippen molar-refractivity contribution in [2.75, 3.05) is 37.6 Å². The number of nitrogen functional groups attached to an aromatic ring is 2. The highest BCUT2D eigenvalue weighted by molar-refractivity contribution is 14.1. The predicted molar refractivity (Wildman–Crippen MR) is 163 cm³/mol. The van der Waals surface area contributed by atoms with Crippen LogP contribution in [0.5, 0.6) is 0 Å². The van der Waals surface area contributed by atoms with Crippen molar-refractivity contribution >= 4 is 84.8 Å². The Morgan fingerprint density at radius 2 is 1.54 bits per heavy atom. The van der Waals surface area contributed by atoms with E-state index in [1.165, 1.54) is 26.0 Å². The number of nitrogens with one attached hydrogen (secondary N) is 1. The maximum atomic E-state index is 12.0. The number of rotatable bonds is 3. The van der Waals surface area contributed by atoms with E-state index in [9.17, 15) is 9.90 Å². The van der Waals surface area contributed by atoms with Gasteiger partial charge in [-0.3, -0.25) is 4.79 Å². The van der Waals surface area contributed by atoms with Gasteiger partial charge in [0.25, 0.3) is 5.91 Å². The van der Waals surface area contributed by atoms with Crippen LogP contribution in [-0.2, 0) is 4.79 Å². The quantitative estimate of drug-likeness (QED) is 0.222. The van der Waals surface area contributed by atoms with Crippen molar-refractivity contribution in [3.63, 3.8) is 0 Å². The number of aliphatic hydroxyl groups is 1. The van der Waals surface area contributed by atoms with Gasteiger partial charge in [-0.2, -0.15) is 10.2 Å². The number of fused-ring (bicyclic) bond motifs is 2. The van der Waals surface area contributed by atoms with Crippen LogP contribution in [0, 0.1) is 7.40 Å². The molecule has 2 aliphatic heterocycles. The number of likely N-dealkylation sites (tertiary alicyclic amines) is 1. The van der Waals surface area contributed by atoms with Crippen LogP contribution < -0.4 is 16.8 Å². The molecule has 0 aromatic carbocycles. The number of nitrogens with two attached hydrogens (primary N) is 2. The molecule has 6 heterocycles. The smallest absolute Gasteiger partial charge is 0.251 e. The van der Waals surface area contributed by atoms with E-state index in [0.717, 1.165) is 56.2 Å². The highest BCUT2D eigenvalue weighted by Crippen LogP contribution is 2.29. The van der Waals surface area contributed by atoms with E-state index < -0.39 is 6.10 Å². The molecule has 39 heavy (non-hydrogen) atoms. The Morgan fingerprint density at radius 1 is 0.974 bits per heavy atom. The highest BCUT2D eigenvalue weighted by atomic mass is 127. The number of amides is 1. The minimum atomic E-state index is -0.980. The number of aliphatic hydroxyl groups excluding tert-OH is 1. The Labute approximate surface area is 251 Å². The normalized spacial score (nSPS) is 20.6. The van der Waals surface area contributed by atoms with Gasteiger partial charge in [-0.15, -0.1) is 0 Å². The molecule has 6 N–H and O–H groups in total. The average molecular weight is 760 g/mol. The fraction of sp³-hybridized carbons (Fsp3) is 0.522. The molecule has 0 aliphatic carbocycles. The first-order chi connectivity index (χ1) is 18.8. The van der Waals surface area contributed by atoms with Crippen LogP contribution in [0.25, 0.3) is 22.1 Å². The largest absolute Gasteiger partial charge is 0.384 e. The monoisotopic (exact) mass is 760 g/mol. The van der Waals surface area contributed by atoms with E-state index in [1.54, 1.807) is 4.90 Å². The highest BCUT2D eigenvalue weighted by Gasteiger charge is 2.29. The minimum absolute atomic E-state index is 0.0248. The molecule has 0 radical (unpaired) electrons. The van der Waals surface area contributed by atoms with Crippen molar-refractivity contribution in [2.24, 2.45) is 0 Å². The first kappa shape index (κ1) is 28.1. The van der Waals surface area contributed by atoms with Crippen LogP contribution >= 0.6 is 45.2 Å².